The maximum absolute atomic E-state index is 11.0. The molecule has 23 heavy (non-hydrogen) atoms. The zero-order valence-electron chi connectivity index (χ0n) is 13.9. The summed E-state index contributed by atoms with van der Waals surface area (Å²) in [4.78, 5) is 2.34. The van der Waals surface area contributed by atoms with Crippen LogP contribution in [0.4, 0.5) is 0 Å². The van der Waals surface area contributed by atoms with Crippen LogP contribution in [0.5, 0.6) is 5.75 Å². The number of benzene rings is 1. The summed E-state index contributed by atoms with van der Waals surface area (Å²) in [5.41, 5.74) is 0.101. The van der Waals surface area contributed by atoms with Gasteiger partial charge in [-0.3, -0.25) is 4.90 Å². The molecule has 2 aliphatic heterocycles. The lowest BCUT2D eigenvalue weighted by molar-refractivity contribution is -0.0715. The molecular formula is C18H27NO4. The Morgan fingerprint density at radius 2 is 2.00 bits per heavy atom. The molecule has 1 atom stereocenters. The van der Waals surface area contributed by atoms with E-state index in [1.807, 2.05) is 31.2 Å². The van der Waals surface area contributed by atoms with Crippen LogP contribution in [0.3, 0.4) is 0 Å². The third-order valence-corrected chi connectivity index (χ3v) is 4.69. The summed E-state index contributed by atoms with van der Waals surface area (Å²) < 4.78 is 17.0. The number of hydrogen-bond acceptors (Lipinski definition) is 5. The highest BCUT2D eigenvalue weighted by Gasteiger charge is 2.36. The lowest BCUT2D eigenvalue weighted by Gasteiger charge is -2.37. The van der Waals surface area contributed by atoms with Gasteiger partial charge in [0.15, 0.2) is 0 Å². The van der Waals surface area contributed by atoms with Gasteiger partial charge in [0.2, 0.25) is 0 Å². The molecular weight excluding hydrogens is 294 g/mol. The Kier molecular flexibility index (Phi) is 5.54. The van der Waals surface area contributed by atoms with Crippen LogP contribution in [-0.4, -0.2) is 67.8 Å². The van der Waals surface area contributed by atoms with Crippen LogP contribution in [0, 0.1) is 6.92 Å². The fourth-order valence-electron chi connectivity index (χ4n) is 3.33. The lowest BCUT2D eigenvalue weighted by atomic mass is 10.0. The Balaban J connectivity index is 1.62. The summed E-state index contributed by atoms with van der Waals surface area (Å²) in [6, 6.07) is 8.35. The normalized spacial score (nSPS) is 27.6. The summed E-state index contributed by atoms with van der Waals surface area (Å²) in [5.74, 6) is 0.822. The third kappa shape index (κ3) is 4.44. The van der Waals surface area contributed by atoms with E-state index >= 15 is 0 Å². The average Bonchev–Trinajstić information content (AvgIpc) is 2.77. The first-order valence-corrected chi connectivity index (χ1v) is 8.47. The molecule has 0 aliphatic carbocycles. The second-order valence-electron chi connectivity index (χ2n) is 6.65. The fourth-order valence-corrected chi connectivity index (χ4v) is 3.33. The van der Waals surface area contributed by atoms with Crippen molar-refractivity contribution in [1.82, 2.24) is 4.90 Å². The predicted octanol–water partition coefficient (Wildman–Crippen LogP) is 1.62. The van der Waals surface area contributed by atoms with E-state index < -0.39 is 5.60 Å². The number of aryl methyl sites for hydroxylation is 1. The van der Waals surface area contributed by atoms with E-state index in [2.05, 4.69) is 4.90 Å². The topological polar surface area (TPSA) is 51.2 Å². The molecule has 0 amide bonds. The van der Waals surface area contributed by atoms with Crippen LogP contribution in [0.15, 0.2) is 24.3 Å². The molecule has 0 spiro atoms. The van der Waals surface area contributed by atoms with Gasteiger partial charge in [-0.05, 0) is 31.4 Å². The van der Waals surface area contributed by atoms with Crippen LogP contribution in [0.25, 0.3) is 0 Å². The number of β-amino-alcohol motifs (C(OH)–C–C–N with tert-alkyl or cyclic N) is 1. The molecule has 128 valence electrons. The van der Waals surface area contributed by atoms with E-state index in [4.69, 9.17) is 14.2 Å². The minimum Gasteiger partial charge on any atom is -0.490 e. The van der Waals surface area contributed by atoms with E-state index in [9.17, 15) is 5.11 Å². The van der Waals surface area contributed by atoms with Crippen LogP contribution in [0.2, 0.25) is 0 Å². The highest BCUT2D eigenvalue weighted by Crippen LogP contribution is 2.23. The molecule has 1 unspecified atom stereocenters. The summed E-state index contributed by atoms with van der Waals surface area (Å²) in [6.07, 6.45) is 2.05. The highest BCUT2D eigenvalue weighted by atomic mass is 16.5. The van der Waals surface area contributed by atoms with E-state index in [1.54, 1.807) is 0 Å². The third-order valence-electron chi connectivity index (χ3n) is 4.69. The fraction of sp³-hybridized carbons (Fsp3) is 0.667. The van der Waals surface area contributed by atoms with Gasteiger partial charge in [0.1, 0.15) is 18.0 Å². The van der Waals surface area contributed by atoms with E-state index in [0.29, 0.717) is 25.8 Å². The summed E-state index contributed by atoms with van der Waals surface area (Å²) in [5, 5.41) is 11.0. The molecule has 1 N–H and O–H groups in total. The van der Waals surface area contributed by atoms with Crippen molar-refractivity contribution < 1.29 is 19.3 Å². The van der Waals surface area contributed by atoms with Gasteiger partial charge in [0.05, 0.1) is 13.2 Å². The zero-order valence-corrected chi connectivity index (χ0v) is 13.9. The molecule has 0 saturated carbocycles. The highest BCUT2D eigenvalue weighted by molar-refractivity contribution is 5.31. The van der Waals surface area contributed by atoms with Crippen molar-refractivity contribution in [3.63, 3.8) is 0 Å². The maximum atomic E-state index is 11.0. The smallest absolute Gasteiger partial charge is 0.134 e. The monoisotopic (exact) mass is 321 g/mol. The number of aliphatic hydroxyl groups is 1. The Labute approximate surface area is 138 Å². The summed E-state index contributed by atoms with van der Waals surface area (Å²) >= 11 is 0. The zero-order chi connectivity index (χ0) is 16.1. The first-order chi connectivity index (χ1) is 11.2. The van der Waals surface area contributed by atoms with E-state index in [-0.39, 0.29) is 6.61 Å². The number of ether oxygens (including phenoxy) is 3. The number of nitrogens with zero attached hydrogens (tertiary/aromatic N) is 1. The molecule has 2 aliphatic rings. The van der Waals surface area contributed by atoms with Crippen molar-refractivity contribution in [2.75, 3.05) is 46.1 Å². The van der Waals surface area contributed by atoms with Gasteiger partial charge < -0.3 is 19.3 Å². The number of hydrogen-bond donors (Lipinski definition) is 1. The molecule has 2 saturated heterocycles. The van der Waals surface area contributed by atoms with Crippen molar-refractivity contribution in [3.8, 4) is 5.75 Å². The second-order valence-corrected chi connectivity index (χ2v) is 6.65. The Morgan fingerprint density at radius 3 is 2.78 bits per heavy atom. The Morgan fingerprint density at radius 1 is 1.22 bits per heavy atom. The van der Waals surface area contributed by atoms with Gasteiger partial charge in [0, 0.05) is 32.3 Å². The van der Waals surface area contributed by atoms with Crippen LogP contribution in [-0.2, 0) is 9.47 Å². The van der Waals surface area contributed by atoms with Gasteiger partial charge in [0.25, 0.3) is 0 Å². The van der Waals surface area contributed by atoms with Crippen LogP contribution in [0.1, 0.15) is 18.4 Å². The first kappa shape index (κ1) is 16.7. The number of rotatable bonds is 4. The molecule has 0 aromatic heterocycles. The molecule has 0 radical (unpaired) electrons. The van der Waals surface area contributed by atoms with Crippen LogP contribution >= 0.6 is 0 Å². The Hall–Kier alpha value is -1.14. The van der Waals surface area contributed by atoms with Gasteiger partial charge in [-0.1, -0.05) is 18.2 Å². The Bertz CT molecular complexity index is 504. The molecule has 1 aromatic rings. The quantitative estimate of drug-likeness (QED) is 0.913. The molecule has 2 fully saturated rings. The van der Waals surface area contributed by atoms with Crippen LogP contribution < -0.4 is 4.74 Å². The van der Waals surface area contributed by atoms with Gasteiger partial charge in [-0.15, -0.1) is 0 Å². The standard InChI is InChI=1S/C18H27NO4/c1-15-4-2-3-5-17(15)23-14-18(20)12-19(8-11-22-13-18)16-6-9-21-10-7-16/h2-5,16,20H,6-14H2,1H3. The molecule has 5 nitrogen and oxygen atoms in total. The molecule has 3 rings (SSSR count). The molecule has 5 heteroatoms. The minimum atomic E-state index is -0.975. The second kappa shape index (κ2) is 7.62. The predicted molar refractivity (Wildman–Crippen MR) is 87.9 cm³/mol. The van der Waals surface area contributed by atoms with Crippen molar-refractivity contribution in [2.45, 2.75) is 31.4 Å². The SMILES string of the molecule is Cc1ccccc1OCC1(O)COCCN(C2CCOCC2)C1. The van der Waals surface area contributed by atoms with Crippen molar-refractivity contribution in [2.24, 2.45) is 0 Å². The van der Waals surface area contributed by atoms with Gasteiger partial charge in [-0.2, -0.15) is 0 Å². The van der Waals surface area contributed by atoms with Crippen molar-refractivity contribution in [3.05, 3.63) is 29.8 Å². The average molecular weight is 321 g/mol. The maximum Gasteiger partial charge on any atom is 0.134 e. The van der Waals surface area contributed by atoms with Crippen molar-refractivity contribution in [1.29, 1.82) is 0 Å². The van der Waals surface area contributed by atoms with Gasteiger partial charge in [-0.25, -0.2) is 0 Å². The lowest BCUT2D eigenvalue weighted by Crippen LogP contribution is -2.52. The molecule has 0 bridgehead atoms. The summed E-state index contributed by atoms with van der Waals surface area (Å²) in [6.45, 7) is 6.29. The minimum absolute atomic E-state index is 0.248. The van der Waals surface area contributed by atoms with E-state index in [1.165, 1.54) is 0 Å². The van der Waals surface area contributed by atoms with Crippen molar-refractivity contribution >= 4 is 0 Å². The largest absolute Gasteiger partial charge is 0.490 e. The van der Waals surface area contributed by atoms with Gasteiger partial charge >= 0.3 is 0 Å². The summed E-state index contributed by atoms with van der Waals surface area (Å²) in [7, 11) is 0. The molecule has 1 aromatic carbocycles. The molecule has 2 heterocycles. The first-order valence-electron chi connectivity index (χ1n) is 8.47. The number of para-hydroxylation sites is 1. The van der Waals surface area contributed by atoms with E-state index in [0.717, 1.165) is 43.9 Å².